The lowest BCUT2D eigenvalue weighted by Crippen LogP contribution is -2.42. The van der Waals surface area contributed by atoms with Crippen LogP contribution in [-0.4, -0.2) is 49.6 Å². The van der Waals surface area contributed by atoms with Crippen molar-refractivity contribution >= 4 is 35.8 Å². The minimum Gasteiger partial charge on any atom is -0.497 e. The average Bonchev–Trinajstić information content (AvgIpc) is 3.09. The van der Waals surface area contributed by atoms with Gasteiger partial charge in [0.2, 0.25) is 5.91 Å². The van der Waals surface area contributed by atoms with Gasteiger partial charge in [0.15, 0.2) is 5.96 Å². The van der Waals surface area contributed by atoms with E-state index in [1.807, 2.05) is 29.2 Å². The standard InChI is InChI=1S/C20H32N4O2.HI/c1-4-17(24-14-6-7-19(24)25)12-13-22-20(21-5-2)23-15-16-8-10-18(26-3)11-9-16;/h8-11,17H,4-7,12-15H2,1-3H3,(H2,21,22,23);1H. The van der Waals surface area contributed by atoms with Gasteiger partial charge < -0.3 is 20.3 Å². The molecule has 1 unspecified atom stereocenters. The second-order valence-electron chi connectivity index (χ2n) is 6.51. The number of hydrogen-bond donors (Lipinski definition) is 2. The summed E-state index contributed by atoms with van der Waals surface area (Å²) >= 11 is 0. The highest BCUT2D eigenvalue weighted by atomic mass is 127. The lowest BCUT2D eigenvalue weighted by atomic mass is 10.1. The van der Waals surface area contributed by atoms with Crippen molar-refractivity contribution in [1.29, 1.82) is 0 Å². The van der Waals surface area contributed by atoms with Crippen LogP contribution in [0, 0.1) is 0 Å². The minimum absolute atomic E-state index is 0. The second kappa shape index (κ2) is 12.8. The topological polar surface area (TPSA) is 66.0 Å². The van der Waals surface area contributed by atoms with Crippen molar-refractivity contribution in [2.75, 3.05) is 26.7 Å². The van der Waals surface area contributed by atoms with Gasteiger partial charge in [-0.2, -0.15) is 0 Å². The third-order valence-corrected chi connectivity index (χ3v) is 4.72. The predicted molar refractivity (Wildman–Crippen MR) is 121 cm³/mol. The number of ether oxygens (including phenoxy) is 1. The molecule has 1 atom stereocenters. The minimum atomic E-state index is 0. The van der Waals surface area contributed by atoms with Crippen LogP contribution in [0.5, 0.6) is 5.75 Å². The van der Waals surface area contributed by atoms with Crippen LogP contribution in [0.15, 0.2) is 29.3 Å². The maximum atomic E-state index is 11.9. The largest absolute Gasteiger partial charge is 0.497 e. The highest BCUT2D eigenvalue weighted by Gasteiger charge is 2.26. The molecule has 2 N–H and O–H groups in total. The molecule has 0 saturated carbocycles. The van der Waals surface area contributed by atoms with Crippen LogP contribution in [-0.2, 0) is 11.3 Å². The van der Waals surface area contributed by atoms with E-state index in [1.54, 1.807) is 7.11 Å². The molecule has 7 heteroatoms. The molecule has 152 valence electrons. The molecule has 2 rings (SSSR count). The number of rotatable bonds is 9. The number of benzene rings is 1. The van der Waals surface area contributed by atoms with E-state index in [9.17, 15) is 4.79 Å². The van der Waals surface area contributed by atoms with E-state index in [0.717, 1.165) is 56.2 Å². The number of likely N-dealkylation sites (tertiary alicyclic amines) is 1. The fourth-order valence-electron chi connectivity index (χ4n) is 3.24. The van der Waals surface area contributed by atoms with E-state index >= 15 is 0 Å². The number of aliphatic imine (C=N–C) groups is 1. The molecule has 0 radical (unpaired) electrons. The molecular weight excluding hydrogens is 455 g/mol. The third-order valence-electron chi connectivity index (χ3n) is 4.72. The SMILES string of the molecule is CCNC(=NCc1ccc(OC)cc1)NCCC(CC)N1CCCC1=O.I. The molecule has 1 amide bonds. The maximum Gasteiger partial charge on any atom is 0.222 e. The van der Waals surface area contributed by atoms with Gasteiger partial charge in [-0.25, -0.2) is 4.99 Å². The second-order valence-corrected chi connectivity index (χ2v) is 6.51. The molecule has 1 saturated heterocycles. The fourth-order valence-corrected chi connectivity index (χ4v) is 3.24. The Balaban J connectivity index is 0.00000364. The summed E-state index contributed by atoms with van der Waals surface area (Å²) < 4.78 is 5.18. The van der Waals surface area contributed by atoms with E-state index < -0.39 is 0 Å². The first kappa shape index (κ1) is 23.5. The van der Waals surface area contributed by atoms with E-state index in [-0.39, 0.29) is 24.0 Å². The number of nitrogens with one attached hydrogen (secondary N) is 2. The van der Waals surface area contributed by atoms with Gasteiger partial charge in [0.05, 0.1) is 13.7 Å². The average molecular weight is 488 g/mol. The Hall–Kier alpha value is -1.51. The van der Waals surface area contributed by atoms with Gasteiger partial charge in [-0.05, 0) is 43.9 Å². The predicted octanol–water partition coefficient (Wildman–Crippen LogP) is 3.16. The van der Waals surface area contributed by atoms with Crippen LogP contribution < -0.4 is 15.4 Å². The Morgan fingerprint density at radius 2 is 2.00 bits per heavy atom. The van der Waals surface area contributed by atoms with Gasteiger partial charge in [-0.15, -0.1) is 24.0 Å². The maximum absolute atomic E-state index is 11.9. The van der Waals surface area contributed by atoms with Gasteiger partial charge in [0, 0.05) is 32.1 Å². The number of carbonyl (C=O) groups is 1. The Labute approximate surface area is 180 Å². The summed E-state index contributed by atoms with van der Waals surface area (Å²) in [5, 5.41) is 6.67. The van der Waals surface area contributed by atoms with E-state index in [2.05, 4.69) is 29.5 Å². The van der Waals surface area contributed by atoms with Gasteiger partial charge in [0.25, 0.3) is 0 Å². The molecule has 0 spiro atoms. The summed E-state index contributed by atoms with van der Waals surface area (Å²) in [5.41, 5.74) is 1.14. The number of carbonyl (C=O) groups excluding carboxylic acids is 1. The Morgan fingerprint density at radius 1 is 1.26 bits per heavy atom. The quantitative estimate of drug-likeness (QED) is 0.319. The van der Waals surface area contributed by atoms with Crippen LogP contribution in [0.25, 0.3) is 0 Å². The number of methoxy groups -OCH3 is 1. The lowest BCUT2D eigenvalue weighted by molar-refractivity contribution is -0.129. The molecule has 0 aliphatic carbocycles. The molecule has 6 nitrogen and oxygen atoms in total. The van der Waals surface area contributed by atoms with E-state index in [4.69, 9.17) is 4.74 Å². The van der Waals surface area contributed by atoms with Crippen molar-refractivity contribution < 1.29 is 9.53 Å². The summed E-state index contributed by atoms with van der Waals surface area (Å²) in [4.78, 5) is 18.6. The Morgan fingerprint density at radius 3 is 2.56 bits per heavy atom. The van der Waals surface area contributed by atoms with Crippen molar-refractivity contribution in [1.82, 2.24) is 15.5 Å². The molecular formula is C20H33IN4O2. The van der Waals surface area contributed by atoms with Crippen LogP contribution >= 0.6 is 24.0 Å². The van der Waals surface area contributed by atoms with E-state index in [0.29, 0.717) is 24.9 Å². The monoisotopic (exact) mass is 488 g/mol. The van der Waals surface area contributed by atoms with Gasteiger partial charge in [0.1, 0.15) is 5.75 Å². The zero-order valence-corrected chi connectivity index (χ0v) is 19.0. The van der Waals surface area contributed by atoms with Gasteiger partial charge in [-0.1, -0.05) is 19.1 Å². The summed E-state index contributed by atoms with van der Waals surface area (Å²) in [7, 11) is 1.67. The summed E-state index contributed by atoms with van der Waals surface area (Å²) in [6, 6.07) is 8.27. The molecule has 1 aliphatic rings. The molecule has 1 fully saturated rings. The van der Waals surface area contributed by atoms with E-state index in [1.165, 1.54) is 0 Å². The highest BCUT2D eigenvalue weighted by Crippen LogP contribution is 2.17. The van der Waals surface area contributed by atoms with Crippen LogP contribution in [0.4, 0.5) is 0 Å². The van der Waals surface area contributed by atoms with Crippen LogP contribution in [0.2, 0.25) is 0 Å². The lowest BCUT2D eigenvalue weighted by Gasteiger charge is -2.27. The zero-order chi connectivity index (χ0) is 18.8. The number of nitrogens with zero attached hydrogens (tertiary/aromatic N) is 2. The van der Waals surface area contributed by atoms with Crippen molar-refractivity contribution in [2.24, 2.45) is 4.99 Å². The molecule has 1 aliphatic heterocycles. The van der Waals surface area contributed by atoms with Gasteiger partial charge in [-0.3, -0.25) is 4.79 Å². The third kappa shape index (κ3) is 7.56. The Bertz CT molecular complexity index is 592. The first-order valence-electron chi connectivity index (χ1n) is 9.62. The normalized spacial score (nSPS) is 15.3. The van der Waals surface area contributed by atoms with Crippen LogP contribution in [0.3, 0.4) is 0 Å². The number of guanidine groups is 1. The molecule has 27 heavy (non-hydrogen) atoms. The van der Waals surface area contributed by atoms with Gasteiger partial charge >= 0.3 is 0 Å². The highest BCUT2D eigenvalue weighted by molar-refractivity contribution is 14.0. The van der Waals surface area contributed by atoms with Crippen LogP contribution in [0.1, 0.15) is 45.1 Å². The van der Waals surface area contributed by atoms with Crippen molar-refractivity contribution in [3.63, 3.8) is 0 Å². The molecule has 1 aromatic carbocycles. The van der Waals surface area contributed by atoms with Crippen molar-refractivity contribution in [3.05, 3.63) is 29.8 Å². The Kier molecular flexibility index (Phi) is 11.2. The molecule has 0 aromatic heterocycles. The number of halogens is 1. The molecule has 0 bridgehead atoms. The smallest absolute Gasteiger partial charge is 0.222 e. The van der Waals surface area contributed by atoms with Crippen molar-refractivity contribution in [3.8, 4) is 5.75 Å². The molecule has 1 heterocycles. The zero-order valence-electron chi connectivity index (χ0n) is 16.7. The number of amides is 1. The fraction of sp³-hybridized carbons (Fsp3) is 0.600. The summed E-state index contributed by atoms with van der Waals surface area (Å²) in [5.74, 6) is 1.97. The van der Waals surface area contributed by atoms with Crippen molar-refractivity contribution in [2.45, 2.75) is 52.1 Å². The first-order valence-corrected chi connectivity index (χ1v) is 9.62. The summed E-state index contributed by atoms with van der Waals surface area (Å²) in [6.07, 6.45) is 3.63. The summed E-state index contributed by atoms with van der Waals surface area (Å²) in [6.45, 7) is 7.35. The number of hydrogen-bond acceptors (Lipinski definition) is 3. The first-order chi connectivity index (χ1) is 12.7. The molecule has 1 aromatic rings.